The van der Waals surface area contributed by atoms with Crippen molar-refractivity contribution in [2.45, 2.75) is 32.6 Å². The van der Waals surface area contributed by atoms with E-state index in [1.807, 2.05) is 36.1 Å². The minimum Gasteiger partial charge on any atom is -0.251 e. The lowest BCUT2D eigenvalue weighted by Crippen LogP contribution is -2.07. The second kappa shape index (κ2) is 6.42. The van der Waals surface area contributed by atoms with Gasteiger partial charge in [0.1, 0.15) is 0 Å². The average molecular weight is 337 g/mol. The Morgan fingerprint density at radius 3 is 2.84 bits per heavy atom. The van der Waals surface area contributed by atoms with Crippen molar-refractivity contribution in [3.63, 3.8) is 0 Å². The van der Waals surface area contributed by atoms with E-state index in [2.05, 4.69) is 27.5 Å². The van der Waals surface area contributed by atoms with Gasteiger partial charge in [0.2, 0.25) is 0 Å². The van der Waals surface area contributed by atoms with Crippen molar-refractivity contribution in [1.82, 2.24) is 44.6 Å². The second-order valence-electron chi connectivity index (χ2n) is 5.93. The van der Waals surface area contributed by atoms with Crippen LogP contribution in [-0.2, 0) is 13.5 Å². The zero-order valence-corrected chi connectivity index (χ0v) is 14.2. The van der Waals surface area contributed by atoms with Crippen LogP contribution in [0.1, 0.15) is 32.0 Å². The first-order valence-corrected chi connectivity index (χ1v) is 8.38. The third-order valence-corrected chi connectivity index (χ3v) is 4.12. The predicted molar refractivity (Wildman–Crippen MR) is 91.1 cm³/mol. The van der Waals surface area contributed by atoms with Gasteiger partial charge in [-0.15, -0.1) is 10.2 Å². The highest BCUT2D eigenvalue weighted by Gasteiger charge is 2.16. The van der Waals surface area contributed by atoms with E-state index in [4.69, 9.17) is 10.1 Å². The quantitative estimate of drug-likeness (QED) is 0.499. The number of tetrazole rings is 1. The van der Waals surface area contributed by atoms with E-state index in [-0.39, 0.29) is 0 Å². The smallest absolute Gasteiger partial charge is 0.179 e. The van der Waals surface area contributed by atoms with Gasteiger partial charge in [-0.25, -0.2) is 4.98 Å². The lowest BCUT2D eigenvalue weighted by atomic mass is 10.2. The molecule has 0 N–H and O–H groups in total. The zero-order valence-electron chi connectivity index (χ0n) is 14.2. The van der Waals surface area contributed by atoms with Crippen molar-refractivity contribution in [3.05, 3.63) is 36.4 Å². The van der Waals surface area contributed by atoms with Gasteiger partial charge in [0, 0.05) is 31.3 Å². The molecule has 0 spiro atoms. The van der Waals surface area contributed by atoms with Gasteiger partial charge in [0.05, 0.1) is 6.20 Å². The predicted octanol–water partition coefficient (Wildman–Crippen LogP) is 1.84. The molecule has 0 aliphatic heterocycles. The molecule has 4 aromatic rings. The number of hydrogen-bond acceptors (Lipinski definition) is 6. The molecule has 0 fully saturated rings. The van der Waals surface area contributed by atoms with Gasteiger partial charge in [0.25, 0.3) is 0 Å². The number of rotatable bonds is 6. The summed E-state index contributed by atoms with van der Waals surface area (Å²) in [6, 6.07) is 5.75. The molecule has 4 rings (SSSR count). The van der Waals surface area contributed by atoms with Gasteiger partial charge in [-0.3, -0.25) is 4.68 Å². The van der Waals surface area contributed by atoms with Crippen molar-refractivity contribution in [2.24, 2.45) is 7.05 Å². The molecule has 0 saturated heterocycles. The summed E-state index contributed by atoms with van der Waals surface area (Å²) < 4.78 is 5.25. The summed E-state index contributed by atoms with van der Waals surface area (Å²) >= 11 is 0. The Bertz CT molecular complexity index is 994. The highest BCUT2D eigenvalue weighted by Crippen LogP contribution is 2.21. The normalized spacial score (nSPS) is 11.4. The number of pyridine rings is 1. The molecular formula is C16H19N9. The van der Waals surface area contributed by atoms with E-state index >= 15 is 0 Å². The van der Waals surface area contributed by atoms with Crippen molar-refractivity contribution < 1.29 is 0 Å². The largest absolute Gasteiger partial charge is 0.251 e. The molecule has 9 nitrogen and oxygen atoms in total. The van der Waals surface area contributed by atoms with Crippen LogP contribution in [0.4, 0.5) is 0 Å². The minimum atomic E-state index is 0.693. The number of nitrogens with zero attached hydrogens (tertiary/aromatic N) is 9. The standard InChI is InChI=1S/C16H19N9/c1-3-4-5-6-13-18-16(25(20-13)15-9-10-17-23(15)2)12-7-8-14-19-21-22-24(14)11-12/h7-11H,3-6H2,1-2H3. The summed E-state index contributed by atoms with van der Waals surface area (Å²) in [5.74, 6) is 2.45. The Labute approximate surface area is 144 Å². The van der Waals surface area contributed by atoms with Gasteiger partial charge in [-0.1, -0.05) is 19.8 Å². The molecule has 4 aromatic heterocycles. The SMILES string of the molecule is CCCCCc1nc(-c2ccc3nnnn3c2)n(-c2ccnn2C)n1. The zero-order chi connectivity index (χ0) is 17.2. The van der Waals surface area contributed by atoms with Crippen LogP contribution in [0.5, 0.6) is 0 Å². The molecule has 9 heteroatoms. The molecule has 4 heterocycles. The van der Waals surface area contributed by atoms with E-state index in [1.165, 1.54) is 12.8 Å². The number of fused-ring (bicyclic) bond motifs is 1. The molecule has 0 aromatic carbocycles. The summed E-state index contributed by atoms with van der Waals surface area (Å²) in [6.45, 7) is 2.19. The van der Waals surface area contributed by atoms with Crippen LogP contribution in [0.15, 0.2) is 30.6 Å². The van der Waals surface area contributed by atoms with Crippen molar-refractivity contribution in [2.75, 3.05) is 0 Å². The highest BCUT2D eigenvalue weighted by atomic mass is 15.5. The highest BCUT2D eigenvalue weighted by molar-refractivity contribution is 5.59. The van der Waals surface area contributed by atoms with Gasteiger partial charge in [-0.05, 0) is 29.0 Å². The maximum atomic E-state index is 4.77. The number of hydrogen-bond donors (Lipinski definition) is 0. The lowest BCUT2D eigenvalue weighted by Gasteiger charge is -2.05. The summed E-state index contributed by atoms with van der Waals surface area (Å²) in [5, 5.41) is 20.5. The Kier molecular flexibility index (Phi) is 3.96. The van der Waals surface area contributed by atoms with Gasteiger partial charge in [0.15, 0.2) is 23.1 Å². The van der Waals surface area contributed by atoms with E-state index in [0.29, 0.717) is 5.65 Å². The van der Waals surface area contributed by atoms with Gasteiger partial charge in [-0.2, -0.15) is 14.3 Å². The van der Waals surface area contributed by atoms with E-state index in [0.717, 1.165) is 35.9 Å². The third-order valence-electron chi connectivity index (χ3n) is 4.12. The molecule has 0 radical (unpaired) electrons. The van der Waals surface area contributed by atoms with Crippen LogP contribution in [0.3, 0.4) is 0 Å². The summed E-state index contributed by atoms with van der Waals surface area (Å²) in [7, 11) is 1.89. The molecule has 25 heavy (non-hydrogen) atoms. The van der Waals surface area contributed by atoms with E-state index in [9.17, 15) is 0 Å². The van der Waals surface area contributed by atoms with Crippen molar-refractivity contribution in [1.29, 1.82) is 0 Å². The Morgan fingerprint density at radius 2 is 2.04 bits per heavy atom. The fourth-order valence-electron chi connectivity index (χ4n) is 2.79. The Morgan fingerprint density at radius 1 is 1.12 bits per heavy atom. The molecule has 0 aliphatic carbocycles. The number of unbranched alkanes of at least 4 members (excludes halogenated alkanes) is 2. The van der Waals surface area contributed by atoms with E-state index in [1.54, 1.807) is 15.4 Å². The Hall–Kier alpha value is -3.10. The number of aryl methyl sites for hydroxylation is 2. The topological polar surface area (TPSA) is 91.6 Å². The van der Waals surface area contributed by atoms with Crippen LogP contribution in [-0.4, -0.2) is 44.6 Å². The van der Waals surface area contributed by atoms with Crippen LogP contribution in [0, 0.1) is 0 Å². The molecule has 0 bridgehead atoms. The maximum absolute atomic E-state index is 4.77. The maximum Gasteiger partial charge on any atom is 0.179 e. The van der Waals surface area contributed by atoms with Crippen LogP contribution < -0.4 is 0 Å². The molecule has 0 unspecified atom stereocenters. The van der Waals surface area contributed by atoms with Crippen molar-refractivity contribution in [3.8, 4) is 17.2 Å². The molecule has 0 amide bonds. The summed E-state index contributed by atoms with van der Waals surface area (Å²) in [5.41, 5.74) is 1.59. The fourth-order valence-corrected chi connectivity index (χ4v) is 2.79. The summed E-state index contributed by atoms with van der Waals surface area (Å²) in [4.78, 5) is 4.77. The lowest BCUT2D eigenvalue weighted by molar-refractivity contribution is 0.672. The first-order chi connectivity index (χ1) is 12.3. The molecule has 0 saturated carbocycles. The third kappa shape index (κ3) is 2.88. The first kappa shape index (κ1) is 15.4. The first-order valence-electron chi connectivity index (χ1n) is 8.38. The fraction of sp³-hybridized carbons (Fsp3) is 0.375. The van der Waals surface area contributed by atoms with Gasteiger partial charge >= 0.3 is 0 Å². The molecule has 0 atom stereocenters. The molecule has 0 aliphatic rings. The van der Waals surface area contributed by atoms with Crippen molar-refractivity contribution >= 4 is 5.65 Å². The Balaban J connectivity index is 1.79. The van der Waals surface area contributed by atoms with Gasteiger partial charge < -0.3 is 0 Å². The molecule has 128 valence electrons. The monoisotopic (exact) mass is 337 g/mol. The summed E-state index contributed by atoms with van der Waals surface area (Å²) in [6.07, 6.45) is 7.90. The number of aromatic nitrogens is 9. The van der Waals surface area contributed by atoms with E-state index < -0.39 is 0 Å². The van der Waals surface area contributed by atoms with Crippen LogP contribution in [0.25, 0.3) is 22.9 Å². The van der Waals surface area contributed by atoms with Crippen LogP contribution >= 0.6 is 0 Å². The second-order valence-corrected chi connectivity index (χ2v) is 5.93. The minimum absolute atomic E-state index is 0.693. The average Bonchev–Trinajstić information content (AvgIpc) is 3.33. The molecular weight excluding hydrogens is 318 g/mol. The van der Waals surface area contributed by atoms with Crippen LogP contribution in [0.2, 0.25) is 0 Å².